The zero-order chi connectivity index (χ0) is 19.6. The topological polar surface area (TPSA) is 68.3 Å². The van der Waals surface area contributed by atoms with Crippen LogP contribution >= 0.6 is 0 Å². The van der Waals surface area contributed by atoms with Gasteiger partial charge in [-0.25, -0.2) is 4.98 Å². The van der Waals surface area contributed by atoms with Crippen LogP contribution in [-0.2, 0) is 5.41 Å². The molecule has 0 aliphatic carbocycles. The minimum absolute atomic E-state index is 0.133. The summed E-state index contributed by atoms with van der Waals surface area (Å²) in [5.74, 6) is 2.71. The van der Waals surface area contributed by atoms with Gasteiger partial charge in [0, 0.05) is 23.6 Å². The zero-order valence-corrected chi connectivity index (χ0v) is 16.3. The van der Waals surface area contributed by atoms with Crippen molar-refractivity contribution >= 4 is 23.1 Å². The molecule has 6 heteroatoms. The molecule has 1 aliphatic rings. The van der Waals surface area contributed by atoms with Crippen molar-refractivity contribution in [2.45, 2.75) is 26.2 Å². The number of nitrogens with zero attached hydrogens (tertiary/aromatic N) is 2. The van der Waals surface area contributed by atoms with Crippen LogP contribution in [-0.4, -0.2) is 23.2 Å². The van der Waals surface area contributed by atoms with Crippen molar-refractivity contribution in [2.24, 2.45) is 0 Å². The number of hydrogen-bond donors (Lipinski definition) is 2. The van der Waals surface area contributed by atoms with Crippen molar-refractivity contribution in [3.8, 4) is 11.5 Å². The maximum atomic E-state index is 5.62. The Hall–Kier alpha value is -3.28. The molecule has 4 rings (SSSR count). The summed E-state index contributed by atoms with van der Waals surface area (Å²) in [7, 11) is 0. The summed E-state index contributed by atoms with van der Waals surface area (Å²) < 4.78 is 11.2. The van der Waals surface area contributed by atoms with Crippen molar-refractivity contribution in [1.29, 1.82) is 0 Å². The van der Waals surface area contributed by atoms with Gasteiger partial charge < -0.3 is 20.1 Å². The predicted octanol–water partition coefficient (Wildman–Crippen LogP) is 5.03. The minimum Gasteiger partial charge on any atom is -0.486 e. The fourth-order valence-electron chi connectivity index (χ4n) is 2.94. The first-order valence-corrected chi connectivity index (χ1v) is 9.35. The summed E-state index contributed by atoms with van der Waals surface area (Å²) >= 11 is 0. The van der Waals surface area contributed by atoms with E-state index in [1.165, 1.54) is 5.56 Å². The smallest absolute Gasteiger partial charge is 0.229 e. The summed E-state index contributed by atoms with van der Waals surface area (Å²) in [6.45, 7) is 7.74. The van der Waals surface area contributed by atoms with E-state index in [4.69, 9.17) is 9.47 Å². The average molecular weight is 376 g/mol. The lowest BCUT2D eigenvalue weighted by Crippen LogP contribution is -2.15. The monoisotopic (exact) mass is 376 g/mol. The SMILES string of the molecule is CC(C)(C)c1ccc(Nc2ccnc(Nc3ccc4c(c3)OCCO4)n2)cc1. The fraction of sp³-hybridized carbons (Fsp3) is 0.273. The van der Waals surface area contributed by atoms with E-state index < -0.39 is 0 Å². The molecule has 1 aromatic heterocycles. The number of aromatic nitrogens is 2. The number of fused-ring (bicyclic) bond motifs is 1. The van der Waals surface area contributed by atoms with E-state index in [1.54, 1.807) is 6.20 Å². The van der Waals surface area contributed by atoms with E-state index in [9.17, 15) is 0 Å². The minimum atomic E-state index is 0.133. The van der Waals surface area contributed by atoms with E-state index in [0.29, 0.717) is 19.2 Å². The summed E-state index contributed by atoms with van der Waals surface area (Å²) in [6.07, 6.45) is 1.72. The lowest BCUT2D eigenvalue weighted by atomic mass is 9.87. The normalized spacial score (nSPS) is 13.1. The molecule has 0 spiro atoms. The van der Waals surface area contributed by atoms with Crippen molar-refractivity contribution < 1.29 is 9.47 Å². The lowest BCUT2D eigenvalue weighted by Gasteiger charge is -2.19. The molecule has 2 heterocycles. The average Bonchev–Trinajstić information content (AvgIpc) is 2.68. The Bertz CT molecular complexity index is 965. The molecule has 0 amide bonds. The molecular weight excluding hydrogens is 352 g/mol. The van der Waals surface area contributed by atoms with Gasteiger partial charge in [-0.1, -0.05) is 32.9 Å². The molecule has 0 radical (unpaired) electrons. The van der Waals surface area contributed by atoms with Crippen LogP contribution < -0.4 is 20.1 Å². The molecule has 0 unspecified atom stereocenters. The molecule has 1 aliphatic heterocycles. The van der Waals surface area contributed by atoms with Gasteiger partial charge in [0.05, 0.1) is 0 Å². The number of anilines is 4. The molecular formula is C22H24N4O2. The highest BCUT2D eigenvalue weighted by Gasteiger charge is 2.14. The van der Waals surface area contributed by atoms with Crippen LogP contribution in [0.4, 0.5) is 23.1 Å². The summed E-state index contributed by atoms with van der Waals surface area (Å²) in [5.41, 5.74) is 3.25. The Labute approximate surface area is 164 Å². The Morgan fingerprint density at radius 3 is 2.29 bits per heavy atom. The van der Waals surface area contributed by atoms with Gasteiger partial charge in [0.15, 0.2) is 11.5 Å². The van der Waals surface area contributed by atoms with Gasteiger partial charge >= 0.3 is 0 Å². The van der Waals surface area contributed by atoms with E-state index in [1.807, 2.05) is 24.3 Å². The Morgan fingerprint density at radius 1 is 0.821 bits per heavy atom. The van der Waals surface area contributed by atoms with Gasteiger partial charge in [-0.15, -0.1) is 0 Å². The second kappa shape index (κ2) is 7.38. The van der Waals surface area contributed by atoms with Crippen LogP contribution in [0.5, 0.6) is 11.5 Å². The lowest BCUT2D eigenvalue weighted by molar-refractivity contribution is 0.171. The molecule has 0 fully saturated rings. The van der Waals surface area contributed by atoms with Crippen LogP contribution in [0.25, 0.3) is 0 Å². The number of nitrogens with one attached hydrogen (secondary N) is 2. The van der Waals surface area contributed by atoms with Gasteiger partial charge in [0.2, 0.25) is 5.95 Å². The first-order valence-electron chi connectivity index (χ1n) is 9.35. The Balaban J connectivity index is 1.47. The third-order valence-corrected chi connectivity index (χ3v) is 4.48. The molecule has 3 aromatic rings. The van der Waals surface area contributed by atoms with Crippen molar-refractivity contribution in [3.05, 3.63) is 60.3 Å². The maximum absolute atomic E-state index is 5.62. The number of ether oxygens (including phenoxy) is 2. The van der Waals surface area contributed by atoms with E-state index >= 15 is 0 Å². The van der Waals surface area contributed by atoms with E-state index in [2.05, 4.69) is 65.6 Å². The molecule has 2 aromatic carbocycles. The first kappa shape index (κ1) is 18.1. The van der Waals surface area contributed by atoms with Gasteiger partial charge in [-0.3, -0.25) is 0 Å². The Kier molecular flexibility index (Phi) is 4.77. The van der Waals surface area contributed by atoms with Crippen molar-refractivity contribution in [3.63, 3.8) is 0 Å². The van der Waals surface area contributed by atoms with Crippen molar-refractivity contribution in [2.75, 3.05) is 23.8 Å². The highest BCUT2D eigenvalue weighted by atomic mass is 16.6. The Morgan fingerprint density at radius 2 is 1.54 bits per heavy atom. The molecule has 144 valence electrons. The van der Waals surface area contributed by atoms with Gasteiger partial charge in [0.25, 0.3) is 0 Å². The molecule has 2 N–H and O–H groups in total. The van der Waals surface area contributed by atoms with E-state index in [0.717, 1.165) is 28.7 Å². The predicted molar refractivity (Wildman–Crippen MR) is 111 cm³/mol. The van der Waals surface area contributed by atoms with E-state index in [-0.39, 0.29) is 5.41 Å². The quantitative estimate of drug-likeness (QED) is 0.665. The molecule has 28 heavy (non-hydrogen) atoms. The van der Waals surface area contributed by atoms with Crippen LogP contribution in [0.2, 0.25) is 0 Å². The second-order valence-electron chi connectivity index (χ2n) is 7.70. The molecule has 0 saturated carbocycles. The number of rotatable bonds is 4. The summed E-state index contributed by atoms with van der Waals surface area (Å²) in [4.78, 5) is 8.84. The van der Waals surface area contributed by atoms with Gasteiger partial charge in [-0.05, 0) is 41.3 Å². The maximum Gasteiger partial charge on any atom is 0.229 e. The number of benzene rings is 2. The summed E-state index contributed by atoms with van der Waals surface area (Å²) in [6, 6.07) is 15.9. The van der Waals surface area contributed by atoms with Crippen LogP contribution in [0.1, 0.15) is 26.3 Å². The molecule has 0 saturated heterocycles. The molecule has 0 bridgehead atoms. The first-order chi connectivity index (χ1) is 13.5. The highest BCUT2D eigenvalue weighted by Crippen LogP contribution is 2.33. The standard InChI is InChI=1S/C22H24N4O2/c1-22(2,3)15-4-6-16(7-5-15)24-20-10-11-23-21(26-20)25-17-8-9-18-19(14-17)28-13-12-27-18/h4-11,14H,12-13H2,1-3H3,(H2,23,24,25,26). The van der Waals surface area contributed by atoms with Crippen LogP contribution in [0.3, 0.4) is 0 Å². The third kappa shape index (κ3) is 4.17. The third-order valence-electron chi connectivity index (χ3n) is 4.48. The highest BCUT2D eigenvalue weighted by molar-refractivity contribution is 5.62. The van der Waals surface area contributed by atoms with Crippen LogP contribution in [0, 0.1) is 0 Å². The number of hydrogen-bond acceptors (Lipinski definition) is 6. The summed E-state index contributed by atoms with van der Waals surface area (Å²) in [5, 5.41) is 6.53. The fourth-order valence-corrected chi connectivity index (χ4v) is 2.94. The second-order valence-corrected chi connectivity index (χ2v) is 7.70. The van der Waals surface area contributed by atoms with Crippen LogP contribution in [0.15, 0.2) is 54.7 Å². The molecule has 6 nitrogen and oxygen atoms in total. The largest absolute Gasteiger partial charge is 0.486 e. The van der Waals surface area contributed by atoms with Gasteiger partial charge in [0.1, 0.15) is 19.0 Å². The zero-order valence-electron chi connectivity index (χ0n) is 16.3. The van der Waals surface area contributed by atoms with Gasteiger partial charge in [-0.2, -0.15) is 4.98 Å². The molecule has 0 atom stereocenters. The van der Waals surface area contributed by atoms with Crippen molar-refractivity contribution in [1.82, 2.24) is 9.97 Å².